The fourth-order valence-corrected chi connectivity index (χ4v) is 4.74. The van der Waals surface area contributed by atoms with Crippen LogP contribution in [-0.4, -0.2) is 44.6 Å². The molecule has 1 aromatic carbocycles. The fraction of sp³-hybridized carbons (Fsp3) is 0.391. The van der Waals surface area contributed by atoms with E-state index < -0.39 is 17.8 Å². The molecule has 1 amide bonds. The van der Waals surface area contributed by atoms with E-state index in [0.29, 0.717) is 25.9 Å². The minimum absolute atomic E-state index is 0.105. The fourth-order valence-electron chi connectivity index (χ4n) is 3.78. The molecule has 0 radical (unpaired) electrons. The molecule has 3 aromatic rings. The van der Waals surface area contributed by atoms with Crippen LogP contribution in [-0.2, 0) is 28.9 Å². The summed E-state index contributed by atoms with van der Waals surface area (Å²) in [7, 11) is 0. The van der Waals surface area contributed by atoms with Crippen LogP contribution in [0, 0.1) is 6.92 Å². The number of esters is 1. The molecular weight excluding hydrogens is 469 g/mol. The lowest BCUT2D eigenvalue weighted by molar-refractivity contribution is -0.142. The van der Waals surface area contributed by atoms with E-state index in [1.54, 1.807) is 10.3 Å². The minimum atomic E-state index is -4.54. The van der Waals surface area contributed by atoms with Gasteiger partial charge in [-0.15, -0.1) is 11.3 Å². The van der Waals surface area contributed by atoms with Crippen LogP contribution in [0.15, 0.2) is 41.8 Å². The van der Waals surface area contributed by atoms with Crippen LogP contribution in [0.1, 0.15) is 51.2 Å². The van der Waals surface area contributed by atoms with Gasteiger partial charge in [-0.3, -0.25) is 9.48 Å². The van der Waals surface area contributed by atoms with Gasteiger partial charge in [0.2, 0.25) is 5.91 Å². The summed E-state index contributed by atoms with van der Waals surface area (Å²) in [4.78, 5) is 31.0. The molecule has 180 valence electrons. The van der Waals surface area contributed by atoms with E-state index in [-0.39, 0.29) is 36.4 Å². The van der Waals surface area contributed by atoms with Gasteiger partial charge in [0.1, 0.15) is 13.2 Å². The lowest BCUT2D eigenvalue weighted by Gasteiger charge is -2.31. The first-order chi connectivity index (χ1) is 16.2. The highest BCUT2D eigenvalue weighted by Gasteiger charge is 2.35. The molecule has 1 saturated heterocycles. The summed E-state index contributed by atoms with van der Waals surface area (Å²) in [5.41, 5.74) is 0.441. The van der Waals surface area contributed by atoms with Gasteiger partial charge in [-0.25, -0.2) is 9.78 Å². The summed E-state index contributed by atoms with van der Waals surface area (Å²) < 4.78 is 44.9. The molecule has 2 aromatic heterocycles. The number of thiazole rings is 1. The van der Waals surface area contributed by atoms with Crippen molar-refractivity contribution in [2.75, 3.05) is 13.1 Å². The van der Waals surface area contributed by atoms with Crippen molar-refractivity contribution in [3.8, 4) is 0 Å². The number of benzene rings is 1. The van der Waals surface area contributed by atoms with Gasteiger partial charge in [0, 0.05) is 30.1 Å². The number of aromatic nitrogens is 3. The smallest absolute Gasteiger partial charge is 0.435 e. The summed E-state index contributed by atoms with van der Waals surface area (Å²) in [5.74, 6) is -0.650. The Balaban J connectivity index is 1.28. The number of carbonyl (C=O) groups excluding carboxylic acids is 2. The highest BCUT2D eigenvalue weighted by Crippen LogP contribution is 2.31. The van der Waals surface area contributed by atoms with Crippen LogP contribution in [0.2, 0.25) is 0 Å². The zero-order valence-corrected chi connectivity index (χ0v) is 19.2. The van der Waals surface area contributed by atoms with E-state index in [2.05, 4.69) is 10.1 Å². The Kier molecular flexibility index (Phi) is 7.01. The number of piperidine rings is 1. The quantitative estimate of drug-likeness (QED) is 0.476. The average molecular weight is 493 g/mol. The molecule has 1 aliphatic heterocycles. The molecule has 1 fully saturated rings. The first-order valence-corrected chi connectivity index (χ1v) is 11.6. The Morgan fingerprint density at radius 2 is 1.88 bits per heavy atom. The Bertz CT molecular complexity index is 1150. The first-order valence-electron chi connectivity index (χ1n) is 10.8. The molecule has 0 bridgehead atoms. The number of hydrogen-bond acceptors (Lipinski definition) is 6. The van der Waals surface area contributed by atoms with Crippen molar-refractivity contribution in [2.45, 2.75) is 45.0 Å². The number of alkyl halides is 3. The van der Waals surface area contributed by atoms with Crippen molar-refractivity contribution in [1.29, 1.82) is 0 Å². The molecule has 0 atom stereocenters. The topological polar surface area (TPSA) is 77.3 Å². The third-order valence-electron chi connectivity index (χ3n) is 5.70. The standard InChI is InChI=1S/C23H23F3N4O3S/c1-15-11-19(23(24,25)26)28-30(15)12-20(31)29-9-7-17(8-10-29)21-27-18(14-34-21)22(32)33-13-16-5-3-2-4-6-16/h2-6,11,14,17H,7-10,12-13H2,1H3. The Hall–Kier alpha value is -3.21. The monoisotopic (exact) mass is 492 g/mol. The molecule has 34 heavy (non-hydrogen) atoms. The van der Waals surface area contributed by atoms with Crippen molar-refractivity contribution in [3.63, 3.8) is 0 Å². The molecule has 0 aliphatic carbocycles. The molecule has 1 aliphatic rings. The highest BCUT2D eigenvalue weighted by molar-refractivity contribution is 7.09. The van der Waals surface area contributed by atoms with Gasteiger partial charge in [0.25, 0.3) is 0 Å². The number of halogens is 3. The molecule has 4 rings (SSSR count). The maximum atomic E-state index is 12.8. The molecule has 0 unspecified atom stereocenters. The molecule has 11 heteroatoms. The van der Waals surface area contributed by atoms with Crippen LogP contribution in [0.5, 0.6) is 0 Å². The Morgan fingerprint density at radius 3 is 2.53 bits per heavy atom. The predicted molar refractivity (Wildman–Crippen MR) is 118 cm³/mol. The number of carbonyl (C=O) groups is 2. The van der Waals surface area contributed by atoms with E-state index in [9.17, 15) is 22.8 Å². The largest absolute Gasteiger partial charge is 0.456 e. The van der Waals surface area contributed by atoms with Crippen LogP contribution in [0.3, 0.4) is 0 Å². The number of aryl methyl sites for hydroxylation is 1. The van der Waals surface area contributed by atoms with Crippen molar-refractivity contribution >= 4 is 23.2 Å². The number of likely N-dealkylation sites (tertiary alicyclic amines) is 1. The minimum Gasteiger partial charge on any atom is -0.456 e. The number of hydrogen-bond donors (Lipinski definition) is 0. The van der Waals surface area contributed by atoms with Gasteiger partial charge >= 0.3 is 12.1 Å². The van der Waals surface area contributed by atoms with Gasteiger partial charge in [-0.05, 0) is 31.4 Å². The molecular formula is C23H23F3N4O3S. The van der Waals surface area contributed by atoms with E-state index in [1.165, 1.54) is 18.3 Å². The summed E-state index contributed by atoms with van der Waals surface area (Å²) in [5, 5.41) is 6.02. The van der Waals surface area contributed by atoms with Crippen molar-refractivity contribution in [3.05, 3.63) is 69.4 Å². The van der Waals surface area contributed by atoms with E-state index >= 15 is 0 Å². The summed E-state index contributed by atoms with van der Waals surface area (Å²) in [6.45, 7) is 2.35. The SMILES string of the molecule is Cc1cc(C(F)(F)F)nn1CC(=O)N1CCC(c2nc(C(=O)OCc3ccccc3)cs2)CC1. The van der Waals surface area contributed by atoms with Gasteiger partial charge < -0.3 is 9.64 Å². The van der Waals surface area contributed by atoms with E-state index in [1.807, 2.05) is 30.3 Å². The van der Waals surface area contributed by atoms with Gasteiger partial charge in [0.05, 0.1) is 5.01 Å². The van der Waals surface area contributed by atoms with E-state index in [4.69, 9.17) is 4.74 Å². The average Bonchev–Trinajstić information content (AvgIpc) is 3.46. The van der Waals surface area contributed by atoms with Crippen molar-refractivity contribution in [2.24, 2.45) is 0 Å². The van der Waals surface area contributed by atoms with Crippen molar-refractivity contribution < 1.29 is 27.5 Å². The van der Waals surface area contributed by atoms with Gasteiger partial charge in [-0.2, -0.15) is 18.3 Å². The van der Waals surface area contributed by atoms with Crippen LogP contribution in [0.25, 0.3) is 0 Å². The second kappa shape index (κ2) is 9.96. The lowest BCUT2D eigenvalue weighted by Crippen LogP contribution is -2.40. The predicted octanol–water partition coefficient (Wildman–Crippen LogP) is 4.43. The second-order valence-corrected chi connectivity index (χ2v) is 9.00. The van der Waals surface area contributed by atoms with Crippen molar-refractivity contribution in [1.82, 2.24) is 19.7 Å². The highest BCUT2D eigenvalue weighted by atomic mass is 32.1. The van der Waals surface area contributed by atoms with Crippen LogP contribution >= 0.6 is 11.3 Å². The maximum absolute atomic E-state index is 12.8. The molecule has 0 saturated carbocycles. The normalized spacial score (nSPS) is 14.9. The van der Waals surface area contributed by atoms with Gasteiger partial charge in [0.15, 0.2) is 11.4 Å². The summed E-state index contributed by atoms with van der Waals surface area (Å²) in [6, 6.07) is 10.3. The molecule has 0 N–H and O–H groups in total. The molecule has 0 spiro atoms. The number of amides is 1. The molecule has 3 heterocycles. The summed E-state index contributed by atoms with van der Waals surface area (Å²) >= 11 is 1.39. The molecule has 7 nitrogen and oxygen atoms in total. The third-order valence-corrected chi connectivity index (χ3v) is 6.70. The Labute approximate surface area is 198 Å². The number of rotatable bonds is 6. The zero-order chi connectivity index (χ0) is 24.3. The van der Waals surface area contributed by atoms with Gasteiger partial charge in [-0.1, -0.05) is 30.3 Å². The lowest BCUT2D eigenvalue weighted by atomic mass is 9.97. The zero-order valence-electron chi connectivity index (χ0n) is 18.4. The Morgan fingerprint density at radius 1 is 1.18 bits per heavy atom. The third kappa shape index (κ3) is 5.64. The first kappa shape index (κ1) is 23.9. The number of nitrogens with zero attached hydrogens (tertiary/aromatic N) is 4. The van der Waals surface area contributed by atoms with E-state index in [0.717, 1.165) is 21.3 Å². The second-order valence-electron chi connectivity index (χ2n) is 8.11. The maximum Gasteiger partial charge on any atom is 0.435 e. The van der Waals surface area contributed by atoms with Crippen LogP contribution < -0.4 is 0 Å². The number of ether oxygens (including phenoxy) is 1. The summed E-state index contributed by atoms with van der Waals surface area (Å²) in [6.07, 6.45) is -3.23. The van der Waals surface area contributed by atoms with Crippen LogP contribution in [0.4, 0.5) is 13.2 Å².